The van der Waals surface area contributed by atoms with Crippen LogP contribution in [0.4, 0.5) is 11.4 Å². The van der Waals surface area contributed by atoms with Crippen molar-refractivity contribution >= 4 is 23.3 Å². The molecule has 5 nitrogen and oxygen atoms in total. The maximum Gasteiger partial charge on any atom is 0.335 e. The molecule has 0 radical (unpaired) electrons. The molecule has 4 N–H and O–H groups in total. The second-order valence-corrected chi connectivity index (χ2v) is 6.99. The monoisotopic (exact) mass is 362 g/mol. The van der Waals surface area contributed by atoms with Crippen molar-refractivity contribution in [2.75, 3.05) is 11.1 Å². The van der Waals surface area contributed by atoms with Gasteiger partial charge in [-0.3, -0.25) is 4.79 Å². The standard InChI is InChI=1S/C21H34N2O3/c1-3-5-7-8-9-10-12-16(11-6-4-2)20(24)23-19-15-17(21(25)26)13-14-18(19)22/h13-16H,3-12,22H2,1-2H3,(H,23,24)(H,25,26). The average Bonchev–Trinajstić information content (AvgIpc) is 2.62. The molecule has 1 rings (SSSR count). The Labute approximate surface area is 157 Å². The molecule has 0 aliphatic carbocycles. The van der Waals surface area contributed by atoms with Gasteiger partial charge < -0.3 is 16.2 Å². The van der Waals surface area contributed by atoms with Gasteiger partial charge in [0.2, 0.25) is 5.91 Å². The topological polar surface area (TPSA) is 92.4 Å². The van der Waals surface area contributed by atoms with Gasteiger partial charge >= 0.3 is 5.97 Å². The first-order valence-corrected chi connectivity index (χ1v) is 9.93. The average molecular weight is 363 g/mol. The summed E-state index contributed by atoms with van der Waals surface area (Å²) in [5, 5.41) is 12.0. The molecule has 0 saturated heterocycles. The zero-order valence-corrected chi connectivity index (χ0v) is 16.2. The predicted molar refractivity (Wildman–Crippen MR) is 107 cm³/mol. The highest BCUT2D eigenvalue weighted by atomic mass is 16.4. The summed E-state index contributed by atoms with van der Waals surface area (Å²) in [5.41, 5.74) is 6.79. The fourth-order valence-corrected chi connectivity index (χ4v) is 3.06. The highest BCUT2D eigenvalue weighted by molar-refractivity contribution is 5.98. The van der Waals surface area contributed by atoms with Gasteiger partial charge in [0, 0.05) is 5.92 Å². The van der Waals surface area contributed by atoms with Gasteiger partial charge in [-0.1, -0.05) is 65.2 Å². The molecule has 0 heterocycles. The van der Waals surface area contributed by atoms with E-state index in [1.54, 1.807) is 0 Å². The van der Waals surface area contributed by atoms with Gasteiger partial charge in [0.05, 0.1) is 16.9 Å². The SMILES string of the molecule is CCCCCCCCC(CCCC)C(=O)Nc1cc(C(=O)O)ccc1N. The van der Waals surface area contributed by atoms with Crippen molar-refractivity contribution in [2.24, 2.45) is 5.92 Å². The van der Waals surface area contributed by atoms with E-state index in [4.69, 9.17) is 10.8 Å². The molecular weight excluding hydrogens is 328 g/mol. The van der Waals surface area contributed by atoms with E-state index in [1.165, 1.54) is 43.9 Å². The van der Waals surface area contributed by atoms with Crippen LogP contribution in [0.3, 0.4) is 0 Å². The minimum atomic E-state index is -1.03. The minimum absolute atomic E-state index is 0.0472. The normalized spacial score (nSPS) is 11.9. The third-order valence-corrected chi connectivity index (χ3v) is 4.74. The van der Waals surface area contributed by atoms with E-state index in [1.807, 2.05) is 0 Å². The van der Waals surface area contributed by atoms with E-state index in [0.29, 0.717) is 11.4 Å². The Morgan fingerprint density at radius 3 is 2.27 bits per heavy atom. The van der Waals surface area contributed by atoms with Gasteiger partial charge in [-0.15, -0.1) is 0 Å². The third-order valence-electron chi connectivity index (χ3n) is 4.74. The number of aromatic carboxylic acids is 1. The molecular formula is C21H34N2O3. The molecule has 26 heavy (non-hydrogen) atoms. The van der Waals surface area contributed by atoms with E-state index < -0.39 is 5.97 Å². The molecule has 0 aliphatic heterocycles. The number of amides is 1. The van der Waals surface area contributed by atoms with Crippen LogP contribution in [-0.2, 0) is 4.79 Å². The number of carbonyl (C=O) groups excluding carboxylic acids is 1. The summed E-state index contributed by atoms with van der Waals surface area (Å²) in [4.78, 5) is 23.8. The number of carboxylic acid groups (broad SMARTS) is 1. The Morgan fingerprint density at radius 1 is 1.00 bits per heavy atom. The Balaban J connectivity index is 2.64. The number of rotatable bonds is 13. The fourth-order valence-electron chi connectivity index (χ4n) is 3.06. The summed E-state index contributed by atoms with van der Waals surface area (Å²) >= 11 is 0. The zero-order chi connectivity index (χ0) is 19.4. The second-order valence-electron chi connectivity index (χ2n) is 6.99. The van der Waals surface area contributed by atoms with Gasteiger partial charge in [-0.05, 0) is 31.0 Å². The number of anilines is 2. The van der Waals surface area contributed by atoms with Crippen LogP contribution in [0.25, 0.3) is 0 Å². The first-order chi connectivity index (χ1) is 12.5. The van der Waals surface area contributed by atoms with Crippen LogP contribution in [0.2, 0.25) is 0 Å². The van der Waals surface area contributed by atoms with Crippen molar-refractivity contribution in [3.63, 3.8) is 0 Å². The van der Waals surface area contributed by atoms with Crippen LogP contribution in [-0.4, -0.2) is 17.0 Å². The lowest BCUT2D eigenvalue weighted by Gasteiger charge is -2.18. The van der Waals surface area contributed by atoms with Crippen LogP contribution in [0.5, 0.6) is 0 Å². The van der Waals surface area contributed by atoms with Crippen molar-refractivity contribution in [3.05, 3.63) is 23.8 Å². The van der Waals surface area contributed by atoms with E-state index >= 15 is 0 Å². The van der Waals surface area contributed by atoms with Crippen molar-refractivity contribution in [3.8, 4) is 0 Å². The molecule has 0 aliphatic rings. The summed E-state index contributed by atoms with van der Waals surface area (Å²) < 4.78 is 0. The number of unbranched alkanes of at least 4 members (excludes halogenated alkanes) is 6. The molecule has 1 atom stereocenters. The number of benzene rings is 1. The lowest BCUT2D eigenvalue weighted by Crippen LogP contribution is -2.23. The van der Waals surface area contributed by atoms with Gasteiger partial charge in [0.25, 0.3) is 0 Å². The predicted octanol–water partition coefficient (Wildman–Crippen LogP) is 5.46. The maximum atomic E-state index is 12.7. The molecule has 5 heteroatoms. The van der Waals surface area contributed by atoms with Crippen molar-refractivity contribution < 1.29 is 14.7 Å². The molecule has 1 aromatic rings. The highest BCUT2D eigenvalue weighted by Crippen LogP contribution is 2.24. The number of hydrogen-bond donors (Lipinski definition) is 3. The number of nitrogen functional groups attached to an aromatic ring is 1. The summed E-state index contributed by atoms with van der Waals surface area (Å²) in [6.45, 7) is 4.32. The lowest BCUT2D eigenvalue weighted by molar-refractivity contribution is -0.120. The highest BCUT2D eigenvalue weighted by Gasteiger charge is 2.19. The quantitative estimate of drug-likeness (QED) is 0.321. The lowest BCUT2D eigenvalue weighted by atomic mass is 9.94. The van der Waals surface area contributed by atoms with Crippen LogP contribution in [0, 0.1) is 5.92 Å². The first kappa shape index (κ1) is 22.0. The minimum Gasteiger partial charge on any atom is -0.478 e. The van der Waals surface area contributed by atoms with Crippen LogP contribution in [0.1, 0.15) is 88.4 Å². The maximum absolute atomic E-state index is 12.7. The van der Waals surface area contributed by atoms with Crippen molar-refractivity contribution in [1.82, 2.24) is 0 Å². The molecule has 0 bridgehead atoms. The Bertz CT molecular complexity index is 572. The molecule has 0 spiro atoms. The van der Waals surface area contributed by atoms with E-state index in [0.717, 1.165) is 38.5 Å². The van der Waals surface area contributed by atoms with Gasteiger partial charge in [-0.25, -0.2) is 4.79 Å². The second kappa shape index (κ2) is 12.3. The van der Waals surface area contributed by atoms with Crippen LogP contribution < -0.4 is 11.1 Å². The summed E-state index contributed by atoms with van der Waals surface area (Å²) in [6.07, 6.45) is 11.0. The number of carbonyl (C=O) groups is 2. The van der Waals surface area contributed by atoms with E-state index in [9.17, 15) is 9.59 Å². The Hall–Kier alpha value is -2.04. The molecule has 1 aromatic carbocycles. The summed E-state index contributed by atoms with van der Waals surface area (Å²) in [7, 11) is 0. The molecule has 1 amide bonds. The number of nitrogens with two attached hydrogens (primary N) is 1. The van der Waals surface area contributed by atoms with Crippen LogP contribution >= 0.6 is 0 Å². The van der Waals surface area contributed by atoms with Crippen LogP contribution in [0.15, 0.2) is 18.2 Å². The van der Waals surface area contributed by atoms with Crippen molar-refractivity contribution in [2.45, 2.75) is 78.1 Å². The molecule has 0 aromatic heterocycles. The number of carboxylic acids is 1. The number of hydrogen-bond acceptors (Lipinski definition) is 3. The zero-order valence-electron chi connectivity index (χ0n) is 16.2. The fraction of sp³-hybridized carbons (Fsp3) is 0.619. The van der Waals surface area contributed by atoms with Gasteiger partial charge in [0.1, 0.15) is 0 Å². The molecule has 146 valence electrons. The summed E-state index contributed by atoms with van der Waals surface area (Å²) in [5.74, 6) is -1.13. The summed E-state index contributed by atoms with van der Waals surface area (Å²) in [6, 6.07) is 4.39. The van der Waals surface area contributed by atoms with E-state index in [-0.39, 0.29) is 17.4 Å². The third kappa shape index (κ3) is 7.89. The van der Waals surface area contributed by atoms with E-state index in [2.05, 4.69) is 19.2 Å². The van der Waals surface area contributed by atoms with Gasteiger partial charge in [-0.2, -0.15) is 0 Å². The molecule has 0 fully saturated rings. The number of nitrogens with one attached hydrogen (secondary N) is 1. The largest absolute Gasteiger partial charge is 0.478 e. The molecule has 0 saturated carbocycles. The Morgan fingerprint density at radius 2 is 1.62 bits per heavy atom. The first-order valence-electron chi connectivity index (χ1n) is 9.93. The van der Waals surface area contributed by atoms with Gasteiger partial charge in [0.15, 0.2) is 0 Å². The van der Waals surface area contributed by atoms with Crippen molar-refractivity contribution in [1.29, 1.82) is 0 Å². The smallest absolute Gasteiger partial charge is 0.335 e. The molecule has 1 unspecified atom stereocenters. The Kier molecular flexibility index (Phi) is 10.4.